The Morgan fingerprint density at radius 2 is 2.16 bits per heavy atom. The number of hydrogen-bond donors (Lipinski definition) is 1. The molecule has 1 aromatic rings. The number of carbonyl (C=O) groups excluding carboxylic acids is 2. The minimum absolute atomic E-state index is 0.265. The zero-order valence-electron chi connectivity index (χ0n) is 11.3. The van der Waals surface area contributed by atoms with Crippen LogP contribution in [-0.2, 0) is 14.3 Å². The summed E-state index contributed by atoms with van der Waals surface area (Å²) in [5.74, 6) is -0.761. The van der Waals surface area contributed by atoms with Crippen molar-refractivity contribution in [1.82, 2.24) is 9.88 Å². The molecule has 6 nitrogen and oxygen atoms in total. The zero-order valence-corrected chi connectivity index (χ0v) is 11.3. The minimum atomic E-state index is -0.813. The molecule has 2 rings (SSSR count). The highest BCUT2D eigenvalue weighted by Crippen LogP contribution is 2.25. The fourth-order valence-corrected chi connectivity index (χ4v) is 2.25. The van der Waals surface area contributed by atoms with Crippen LogP contribution < -0.4 is 5.32 Å². The van der Waals surface area contributed by atoms with Crippen LogP contribution in [0.15, 0.2) is 12.3 Å². The molecule has 0 saturated heterocycles. The maximum atomic E-state index is 12.0. The number of esters is 1. The van der Waals surface area contributed by atoms with Gasteiger partial charge in [0.1, 0.15) is 5.69 Å². The lowest BCUT2D eigenvalue weighted by Crippen LogP contribution is -2.53. The predicted molar refractivity (Wildman–Crippen MR) is 67.7 cm³/mol. The van der Waals surface area contributed by atoms with Crippen molar-refractivity contribution in [2.24, 2.45) is 0 Å². The third-order valence-electron chi connectivity index (χ3n) is 3.06. The number of amides is 1. The van der Waals surface area contributed by atoms with Crippen LogP contribution in [0.25, 0.3) is 0 Å². The Morgan fingerprint density at radius 3 is 2.79 bits per heavy atom. The summed E-state index contributed by atoms with van der Waals surface area (Å²) in [6.07, 6.45) is 1.20. The lowest BCUT2D eigenvalue weighted by molar-refractivity contribution is -0.153. The molecule has 0 radical (unpaired) electrons. The topological polar surface area (TPSA) is 69.6 Å². The first-order valence-electron chi connectivity index (χ1n) is 6.36. The standard InChI is InChI=1S/C13H18N2O4/c1-4-18-12-9(13(17)19-5-2)14-11(16)10-8(3)6-7-15(10)12/h6-7,9,12H,4-5H2,1-3H3,(H,14,16). The number of aryl methyl sites for hydroxylation is 1. The van der Waals surface area contributed by atoms with Crippen molar-refractivity contribution in [2.75, 3.05) is 13.2 Å². The molecule has 104 valence electrons. The molecule has 2 atom stereocenters. The van der Waals surface area contributed by atoms with Gasteiger partial charge in [0.2, 0.25) is 0 Å². The molecule has 19 heavy (non-hydrogen) atoms. The second-order valence-electron chi connectivity index (χ2n) is 4.30. The Balaban J connectivity index is 2.37. The van der Waals surface area contributed by atoms with Crippen molar-refractivity contribution in [3.05, 3.63) is 23.5 Å². The SMILES string of the molecule is CCOC(=O)C1NC(=O)c2c(C)ccn2C1OCC. The van der Waals surface area contributed by atoms with Gasteiger partial charge in [-0.15, -0.1) is 0 Å². The number of hydrogen-bond acceptors (Lipinski definition) is 4. The molecule has 1 amide bonds. The van der Waals surface area contributed by atoms with Crippen molar-refractivity contribution in [1.29, 1.82) is 0 Å². The number of ether oxygens (including phenoxy) is 2. The third-order valence-corrected chi connectivity index (χ3v) is 3.06. The second-order valence-corrected chi connectivity index (χ2v) is 4.30. The van der Waals surface area contributed by atoms with Gasteiger partial charge >= 0.3 is 5.97 Å². The molecule has 0 spiro atoms. The Hall–Kier alpha value is -1.82. The summed E-state index contributed by atoms with van der Waals surface area (Å²) in [5, 5.41) is 2.66. The molecule has 0 aromatic carbocycles. The van der Waals surface area contributed by atoms with Crippen LogP contribution in [0.4, 0.5) is 0 Å². The Morgan fingerprint density at radius 1 is 1.42 bits per heavy atom. The highest BCUT2D eigenvalue weighted by atomic mass is 16.5. The maximum Gasteiger partial charge on any atom is 0.333 e. The van der Waals surface area contributed by atoms with Crippen LogP contribution in [0.5, 0.6) is 0 Å². The summed E-state index contributed by atoms with van der Waals surface area (Å²) < 4.78 is 12.3. The Kier molecular flexibility index (Phi) is 3.90. The van der Waals surface area contributed by atoms with E-state index in [1.807, 2.05) is 19.9 Å². The number of nitrogens with zero attached hydrogens (tertiary/aromatic N) is 1. The summed E-state index contributed by atoms with van der Waals surface area (Å²) in [7, 11) is 0. The second kappa shape index (κ2) is 5.44. The summed E-state index contributed by atoms with van der Waals surface area (Å²) in [4.78, 5) is 24.0. The van der Waals surface area contributed by atoms with E-state index >= 15 is 0 Å². The lowest BCUT2D eigenvalue weighted by atomic mass is 10.1. The average molecular weight is 266 g/mol. The van der Waals surface area contributed by atoms with Crippen LogP contribution >= 0.6 is 0 Å². The summed E-state index contributed by atoms with van der Waals surface area (Å²) in [6, 6.07) is 1.01. The molecule has 0 saturated carbocycles. The number of carbonyl (C=O) groups is 2. The van der Waals surface area contributed by atoms with E-state index in [2.05, 4.69) is 5.32 Å². The zero-order chi connectivity index (χ0) is 14.0. The van der Waals surface area contributed by atoms with Gasteiger partial charge in [-0.05, 0) is 32.4 Å². The number of rotatable bonds is 4. The molecule has 1 aliphatic heterocycles. The monoisotopic (exact) mass is 266 g/mol. The summed E-state index contributed by atoms with van der Waals surface area (Å²) >= 11 is 0. The van der Waals surface area contributed by atoms with E-state index in [9.17, 15) is 9.59 Å². The fraction of sp³-hybridized carbons (Fsp3) is 0.538. The minimum Gasteiger partial charge on any atom is -0.464 e. The molecule has 2 heterocycles. The van der Waals surface area contributed by atoms with Gasteiger partial charge in [0.05, 0.1) is 6.61 Å². The highest BCUT2D eigenvalue weighted by Gasteiger charge is 2.39. The van der Waals surface area contributed by atoms with E-state index < -0.39 is 18.2 Å². The molecule has 1 aromatic heterocycles. The van der Waals surface area contributed by atoms with E-state index in [-0.39, 0.29) is 12.5 Å². The van der Waals surface area contributed by atoms with E-state index in [0.717, 1.165) is 5.56 Å². The van der Waals surface area contributed by atoms with Crippen molar-refractivity contribution in [3.8, 4) is 0 Å². The van der Waals surface area contributed by atoms with Gasteiger partial charge in [0, 0.05) is 12.8 Å². The van der Waals surface area contributed by atoms with E-state index in [0.29, 0.717) is 12.3 Å². The van der Waals surface area contributed by atoms with Gasteiger partial charge in [-0.25, -0.2) is 4.79 Å². The van der Waals surface area contributed by atoms with E-state index in [4.69, 9.17) is 9.47 Å². The number of nitrogens with one attached hydrogen (secondary N) is 1. The third kappa shape index (κ3) is 2.35. The quantitative estimate of drug-likeness (QED) is 0.826. The fourth-order valence-electron chi connectivity index (χ4n) is 2.25. The first-order valence-corrected chi connectivity index (χ1v) is 6.36. The maximum absolute atomic E-state index is 12.0. The van der Waals surface area contributed by atoms with Crippen LogP contribution in [0.2, 0.25) is 0 Å². The molecule has 1 N–H and O–H groups in total. The van der Waals surface area contributed by atoms with Crippen LogP contribution in [0, 0.1) is 6.92 Å². The van der Waals surface area contributed by atoms with Crippen LogP contribution in [0.1, 0.15) is 36.1 Å². The lowest BCUT2D eigenvalue weighted by Gasteiger charge is -2.32. The first-order chi connectivity index (χ1) is 9.10. The molecular formula is C13H18N2O4. The molecule has 6 heteroatoms. The molecular weight excluding hydrogens is 248 g/mol. The molecule has 0 bridgehead atoms. The van der Waals surface area contributed by atoms with Crippen molar-refractivity contribution < 1.29 is 19.1 Å². The largest absolute Gasteiger partial charge is 0.464 e. The van der Waals surface area contributed by atoms with Gasteiger partial charge in [-0.1, -0.05) is 0 Å². The van der Waals surface area contributed by atoms with Gasteiger partial charge in [-0.3, -0.25) is 4.79 Å². The van der Waals surface area contributed by atoms with E-state index in [1.54, 1.807) is 17.7 Å². The van der Waals surface area contributed by atoms with Crippen molar-refractivity contribution in [3.63, 3.8) is 0 Å². The van der Waals surface area contributed by atoms with Crippen LogP contribution in [0.3, 0.4) is 0 Å². The Labute approximate surface area is 111 Å². The van der Waals surface area contributed by atoms with Gasteiger partial charge in [0.15, 0.2) is 12.3 Å². The molecule has 2 unspecified atom stereocenters. The normalized spacial score (nSPS) is 21.7. The number of fused-ring (bicyclic) bond motifs is 1. The Bertz CT molecular complexity index is 495. The smallest absolute Gasteiger partial charge is 0.333 e. The molecule has 0 aliphatic carbocycles. The highest BCUT2D eigenvalue weighted by molar-refractivity contribution is 5.98. The predicted octanol–water partition coefficient (Wildman–Crippen LogP) is 1.01. The van der Waals surface area contributed by atoms with Gasteiger partial charge in [0.25, 0.3) is 5.91 Å². The van der Waals surface area contributed by atoms with Crippen LogP contribution in [-0.4, -0.2) is 35.7 Å². The van der Waals surface area contributed by atoms with Crippen molar-refractivity contribution in [2.45, 2.75) is 33.0 Å². The summed E-state index contributed by atoms with van der Waals surface area (Å²) in [5.41, 5.74) is 1.38. The van der Waals surface area contributed by atoms with Crippen molar-refractivity contribution >= 4 is 11.9 Å². The molecule has 0 fully saturated rings. The van der Waals surface area contributed by atoms with Gasteiger partial charge < -0.3 is 19.4 Å². The first kappa shape index (κ1) is 13.6. The average Bonchev–Trinajstić information content (AvgIpc) is 2.76. The summed E-state index contributed by atoms with van der Waals surface area (Å²) in [6.45, 7) is 6.12. The molecule has 1 aliphatic rings. The van der Waals surface area contributed by atoms with Gasteiger partial charge in [-0.2, -0.15) is 0 Å². The number of aromatic nitrogens is 1. The van der Waals surface area contributed by atoms with E-state index in [1.165, 1.54) is 0 Å².